The first kappa shape index (κ1) is 14.0. The topological polar surface area (TPSA) is 0 Å². The summed E-state index contributed by atoms with van der Waals surface area (Å²) in [5.74, 6) is 0. The summed E-state index contributed by atoms with van der Waals surface area (Å²) in [6.07, 6.45) is 22.7. The van der Waals surface area contributed by atoms with E-state index in [1.54, 1.807) is 6.08 Å². The Morgan fingerprint density at radius 2 is 1.33 bits per heavy atom. The number of allylic oxidation sites excluding steroid dienone is 8. The largest absolute Gasteiger partial charge is 0.0845 e. The summed E-state index contributed by atoms with van der Waals surface area (Å²) in [4.78, 5) is 0. The summed E-state index contributed by atoms with van der Waals surface area (Å²) in [6, 6.07) is 0. The number of unbranched alkanes of at least 4 members (excludes halogenated alkanes) is 3. The number of hydrogen-bond acceptors (Lipinski definition) is 0. The standard InChI is InChI=1S/C15H23/c1-3-5-7-9-11-13-15-14-12-10-8-6-4-2/h3,5,7,9-10,12,14-15H,1,4,6,8,11,13H2,2H3. The van der Waals surface area contributed by atoms with Crippen molar-refractivity contribution in [3.63, 3.8) is 0 Å². The second-order valence-electron chi connectivity index (χ2n) is 3.43. The molecule has 0 aliphatic rings. The van der Waals surface area contributed by atoms with Crippen molar-refractivity contribution < 1.29 is 0 Å². The molecule has 0 heteroatoms. The Balaban J connectivity index is 3.34. The van der Waals surface area contributed by atoms with Crippen LogP contribution in [0.3, 0.4) is 0 Å². The van der Waals surface area contributed by atoms with E-state index in [-0.39, 0.29) is 0 Å². The quantitative estimate of drug-likeness (QED) is 0.384. The molecule has 0 spiro atoms. The minimum Gasteiger partial charge on any atom is -0.0845 e. The maximum Gasteiger partial charge on any atom is -0.0313 e. The SMILES string of the molecule is [CH2]C=CC=CCCC=CC=CCCCC. The molecule has 0 aromatic carbocycles. The van der Waals surface area contributed by atoms with Crippen LogP contribution in [0.5, 0.6) is 0 Å². The molecule has 0 aliphatic carbocycles. The summed E-state index contributed by atoms with van der Waals surface area (Å²) in [7, 11) is 0. The van der Waals surface area contributed by atoms with E-state index in [2.05, 4.69) is 44.2 Å². The van der Waals surface area contributed by atoms with E-state index in [0.717, 1.165) is 12.8 Å². The van der Waals surface area contributed by atoms with E-state index < -0.39 is 0 Å². The van der Waals surface area contributed by atoms with Crippen LogP contribution in [-0.2, 0) is 0 Å². The van der Waals surface area contributed by atoms with Gasteiger partial charge in [-0.25, -0.2) is 0 Å². The van der Waals surface area contributed by atoms with Gasteiger partial charge in [0.25, 0.3) is 0 Å². The van der Waals surface area contributed by atoms with Crippen molar-refractivity contribution in [3.8, 4) is 0 Å². The zero-order valence-electron chi connectivity index (χ0n) is 9.86. The molecule has 0 bridgehead atoms. The van der Waals surface area contributed by atoms with Crippen LogP contribution >= 0.6 is 0 Å². The third kappa shape index (κ3) is 13.0. The fourth-order valence-electron chi connectivity index (χ4n) is 1.12. The number of hydrogen-bond donors (Lipinski definition) is 0. The minimum absolute atomic E-state index is 1.10. The van der Waals surface area contributed by atoms with Gasteiger partial charge in [-0.1, -0.05) is 68.4 Å². The third-order valence-corrected chi connectivity index (χ3v) is 1.99. The Hall–Kier alpha value is -1.04. The van der Waals surface area contributed by atoms with E-state index >= 15 is 0 Å². The van der Waals surface area contributed by atoms with Gasteiger partial charge >= 0.3 is 0 Å². The van der Waals surface area contributed by atoms with Crippen molar-refractivity contribution in [2.75, 3.05) is 0 Å². The first-order valence-electron chi connectivity index (χ1n) is 5.84. The molecule has 0 N–H and O–H groups in total. The molecular formula is C15H23. The van der Waals surface area contributed by atoms with Crippen LogP contribution in [0.1, 0.15) is 39.0 Å². The van der Waals surface area contributed by atoms with Gasteiger partial charge < -0.3 is 0 Å². The third-order valence-electron chi connectivity index (χ3n) is 1.99. The molecule has 0 atom stereocenters. The zero-order chi connectivity index (χ0) is 11.2. The number of rotatable bonds is 8. The fraction of sp³-hybridized carbons (Fsp3) is 0.400. The van der Waals surface area contributed by atoms with Crippen LogP contribution in [0.4, 0.5) is 0 Å². The molecule has 83 valence electrons. The molecule has 0 saturated heterocycles. The van der Waals surface area contributed by atoms with Crippen LogP contribution in [0, 0.1) is 6.92 Å². The summed E-state index contributed by atoms with van der Waals surface area (Å²) in [5, 5.41) is 0. The van der Waals surface area contributed by atoms with Crippen LogP contribution in [0.2, 0.25) is 0 Å². The molecule has 0 aromatic rings. The Morgan fingerprint density at radius 3 is 1.87 bits per heavy atom. The van der Waals surface area contributed by atoms with E-state index in [1.165, 1.54) is 19.3 Å². The van der Waals surface area contributed by atoms with Gasteiger partial charge in [-0.15, -0.1) is 0 Å². The predicted molar refractivity (Wildman–Crippen MR) is 70.7 cm³/mol. The molecule has 0 aromatic heterocycles. The van der Waals surface area contributed by atoms with Crippen LogP contribution < -0.4 is 0 Å². The van der Waals surface area contributed by atoms with E-state index in [0.29, 0.717) is 0 Å². The van der Waals surface area contributed by atoms with Crippen LogP contribution in [-0.4, -0.2) is 0 Å². The highest BCUT2D eigenvalue weighted by molar-refractivity contribution is 5.05. The van der Waals surface area contributed by atoms with Crippen molar-refractivity contribution >= 4 is 0 Å². The zero-order valence-corrected chi connectivity index (χ0v) is 9.86. The van der Waals surface area contributed by atoms with Crippen molar-refractivity contribution in [1.29, 1.82) is 0 Å². The van der Waals surface area contributed by atoms with E-state index in [9.17, 15) is 0 Å². The maximum absolute atomic E-state index is 3.61. The highest BCUT2D eigenvalue weighted by Crippen LogP contribution is 1.97. The van der Waals surface area contributed by atoms with Gasteiger partial charge in [0.05, 0.1) is 0 Å². The minimum atomic E-state index is 1.10. The Kier molecular flexibility index (Phi) is 12.1. The van der Waals surface area contributed by atoms with E-state index in [4.69, 9.17) is 0 Å². The average Bonchev–Trinajstić information content (AvgIpc) is 2.26. The van der Waals surface area contributed by atoms with Gasteiger partial charge in [-0.05, 0) is 26.2 Å². The maximum atomic E-state index is 3.61. The second kappa shape index (κ2) is 13.0. The Bertz CT molecular complexity index is 216. The van der Waals surface area contributed by atoms with Crippen molar-refractivity contribution in [1.82, 2.24) is 0 Å². The lowest BCUT2D eigenvalue weighted by molar-refractivity contribution is 0.815. The monoisotopic (exact) mass is 203 g/mol. The summed E-state index contributed by atoms with van der Waals surface area (Å²) in [5.41, 5.74) is 0. The van der Waals surface area contributed by atoms with Gasteiger partial charge in [-0.2, -0.15) is 0 Å². The Labute approximate surface area is 95.1 Å². The van der Waals surface area contributed by atoms with Crippen molar-refractivity contribution in [3.05, 3.63) is 55.5 Å². The van der Waals surface area contributed by atoms with Gasteiger partial charge in [-0.3, -0.25) is 0 Å². The lowest BCUT2D eigenvalue weighted by Crippen LogP contribution is -1.66. The van der Waals surface area contributed by atoms with Gasteiger partial charge in [0, 0.05) is 0 Å². The van der Waals surface area contributed by atoms with Crippen molar-refractivity contribution in [2.24, 2.45) is 0 Å². The molecule has 0 amide bonds. The second-order valence-corrected chi connectivity index (χ2v) is 3.43. The summed E-state index contributed by atoms with van der Waals surface area (Å²) >= 11 is 0. The highest BCUT2D eigenvalue weighted by Gasteiger charge is 1.76. The summed E-state index contributed by atoms with van der Waals surface area (Å²) < 4.78 is 0. The van der Waals surface area contributed by atoms with Gasteiger partial charge in [0.15, 0.2) is 0 Å². The van der Waals surface area contributed by atoms with Gasteiger partial charge in [0.1, 0.15) is 0 Å². The molecule has 0 aliphatic heterocycles. The lowest BCUT2D eigenvalue weighted by atomic mass is 10.2. The van der Waals surface area contributed by atoms with Crippen LogP contribution in [0.25, 0.3) is 0 Å². The Morgan fingerprint density at radius 1 is 0.800 bits per heavy atom. The predicted octanol–water partition coefficient (Wildman–Crippen LogP) is 5.02. The lowest BCUT2D eigenvalue weighted by Gasteiger charge is -1.86. The normalized spacial score (nSPS) is 12.9. The molecule has 0 fully saturated rings. The molecule has 1 radical (unpaired) electrons. The molecule has 0 nitrogen and oxygen atoms in total. The summed E-state index contributed by atoms with van der Waals surface area (Å²) in [6.45, 7) is 5.83. The molecule has 0 saturated carbocycles. The van der Waals surface area contributed by atoms with E-state index in [1.807, 2.05) is 12.2 Å². The fourth-order valence-corrected chi connectivity index (χ4v) is 1.12. The molecular weight excluding hydrogens is 180 g/mol. The average molecular weight is 203 g/mol. The van der Waals surface area contributed by atoms with Gasteiger partial charge in [0.2, 0.25) is 0 Å². The molecule has 0 heterocycles. The first-order chi connectivity index (χ1) is 7.41. The van der Waals surface area contributed by atoms with Crippen LogP contribution in [0.15, 0.2) is 48.6 Å². The molecule has 15 heavy (non-hydrogen) atoms. The van der Waals surface area contributed by atoms with Crippen molar-refractivity contribution in [2.45, 2.75) is 39.0 Å². The first-order valence-corrected chi connectivity index (χ1v) is 5.84. The smallest absolute Gasteiger partial charge is 0.0313 e. The molecule has 0 unspecified atom stereocenters. The highest BCUT2D eigenvalue weighted by atomic mass is 13.8. The molecule has 0 rings (SSSR count).